The maximum atomic E-state index is 6.63. The van der Waals surface area contributed by atoms with Crippen molar-refractivity contribution in [3.63, 3.8) is 0 Å². The minimum atomic E-state index is 0.373. The number of nitrogens with one attached hydrogen (secondary N) is 1. The summed E-state index contributed by atoms with van der Waals surface area (Å²) in [5, 5.41) is 7.73. The molecule has 3 fully saturated rings. The molecule has 0 amide bonds. The third kappa shape index (κ3) is 2.63. The summed E-state index contributed by atoms with van der Waals surface area (Å²) in [7, 11) is 0. The summed E-state index contributed by atoms with van der Waals surface area (Å²) in [6.45, 7) is 2.94. The van der Waals surface area contributed by atoms with E-state index in [1.807, 2.05) is 18.5 Å². The van der Waals surface area contributed by atoms with E-state index >= 15 is 0 Å². The minimum absolute atomic E-state index is 0.373. The zero-order chi connectivity index (χ0) is 20.6. The van der Waals surface area contributed by atoms with Crippen molar-refractivity contribution in [2.45, 2.75) is 44.6 Å². The molecule has 2 aliphatic heterocycles. The summed E-state index contributed by atoms with van der Waals surface area (Å²) in [5.41, 5.74) is 10.8. The number of aromatic amines is 1. The molecule has 0 aromatic carbocycles. The van der Waals surface area contributed by atoms with Crippen molar-refractivity contribution in [3.8, 4) is 0 Å². The highest BCUT2D eigenvalue weighted by Gasteiger charge is 2.59. The molecule has 3 atom stereocenters. The van der Waals surface area contributed by atoms with Crippen LogP contribution in [0.1, 0.15) is 37.8 Å². The van der Waals surface area contributed by atoms with E-state index in [0.29, 0.717) is 11.5 Å². The van der Waals surface area contributed by atoms with E-state index in [-0.39, 0.29) is 0 Å². The fourth-order valence-corrected chi connectivity index (χ4v) is 6.51. The second-order valence-electron chi connectivity index (χ2n) is 9.94. The number of hydrogen-bond donors (Lipinski definition) is 2. The predicted molar refractivity (Wildman–Crippen MR) is 119 cm³/mol. The number of pyridine rings is 1. The molecule has 0 bridgehead atoms. The Kier molecular flexibility index (Phi) is 3.69. The molecular weight excluding hydrogens is 388 g/mol. The van der Waals surface area contributed by atoms with Crippen LogP contribution in [0.5, 0.6) is 0 Å². The molecule has 1 spiro atoms. The largest absolute Gasteiger partial charge is 0.355 e. The highest BCUT2D eigenvalue weighted by molar-refractivity contribution is 5.87. The molecular formula is C23H28N8. The number of nitrogens with two attached hydrogens (primary N) is 1. The number of H-pyrrole nitrogens is 1. The van der Waals surface area contributed by atoms with Crippen LogP contribution in [0, 0.1) is 17.3 Å². The first kappa shape index (κ1) is 17.9. The van der Waals surface area contributed by atoms with E-state index in [1.165, 1.54) is 25.7 Å². The molecule has 3 N–H and O–H groups in total. The van der Waals surface area contributed by atoms with Crippen molar-refractivity contribution in [2.75, 3.05) is 29.4 Å². The SMILES string of the molecule is NC1[C@@H]2C[C@@H]2CC12CCN(c1cnc3c(N4CCCc5ncccc54)n[nH]c3n1)CC2. The van der Waals surface area contributed by atoms with Gasteiger partial charge in [-0.05, 0) is 67.9 Å². The average molecular weight is 417 g/mol. The summed E-state index contributed by atoms with van der Waals surface area (Å²) < 4.78 is 0. The van der Waals surface area contributed by atoms with Crippen molar-refractivity contribution in [2.24, 2.45) is 23.0 Å². The van der Waals surface area contributed by atoms with Gasteiger partial charge in [-0.1, -0.05) is 0 Å². The van der Waals surface area contributed by atoms with Crippen LogP contribution in [0.2, 0.25) is 0 Å². The van der Waals surface area contributed by atoms with Gasteiger partial charge < -0.3 is 15.5 Å². The topological polar surface area (TPSA) is 99.9 Å². The summed E-state index contributed by atoms with van der Waals surface area (Å²) in [6, 6.07) is 4.51. The molecule has 3 aromatic rings. The Morgan fingerprint density at radius 2 is 2.06 bits per heavy atom. The number of piperidine rings is 1. The Bertz CT molecular complexity index is 1150. The monoisotopic (exact) mass is 416 g/mol. The van der Waals surface area contributed by atoms with Crippen LogP contribution in [0.4, 0.5) is 17.3 Å². The van der Waals surface area contributed by atoms with E-state index in [1.54, 1.807) is 0 Å². The second kappa shape index (κ2) is 6.38. The molecule has 7 rings (SSSR count). The zero-order valence-corrected chi connectivity index (χ0v) is 17.7. The summed E-state index contributed by atoms with van der Waals surface area (Å²) >= 11 is 0. The van der Waals surface area contributed by atoms with Crippen molar-refractivity contribution in [1.29, 1.82) is 0 Å². The molecule has 1 saturated heterocycles. The van der Waals surface area contributed by atoms with Gasteiger partial charge in [0.15, 0.2) is 17.0 Å². The standard InChI is InChI=1S/C23H28N8/c24-20-15-11-14(15)12-23(20)5-9-30(10-6-23)18-13-26-19-21(27-18)28-29-22(19)31-8-2-3-16-17(31)4-1-7-25-16/h1,4,7,13-15,20H,2-3,5-6,8-12,24H2,(H,27,28,29)/t14-,15-,20?/m1/s1. The van der Waals surface area contributed by atoms with Crippen LogP contribution in [0.3, 0.4) is 0 Å². The summed E-state index contributed by atoms with van der Waals surface area (Å²) in [4.78, 5) is 18.8. The number of hydrogen-bond acceptors (Lipinski definition) is 7. The van der Waals surface area contributed by atoms with Crippen LogP contribution in [-0.4, -0.2) is 50.8 Å². The maximum absolute atomic E-state index is 6.63. The lowest BCUT2D eigenvalue weighted by Crippen LogP contribution is -2.48. The van der Waals surface area contributed by atoms with E-state index < -0.39 is 0 Å². The van der Waals surface area contributed by atoms with E-state index in [2.05, 4.69) is 31.0 Å². The number of nitrogens with zero attached hydrogens (tertiary/aromatic N) is 6. The van der Waals surface area contributed by atoms with E-state index in [9.17, 15) is 0 Å². The zero-order valence-electron chi connectivity index (χ0n) is 17.7. The van der Waals surface area contributed by atoms with Gasteiger partial charge in [-0.25, -0.2) is 9.97 Å². The van der Waals surface area contributed by atoms with Crippen LogP contribution < -0.4 is 15.5 Å². The van der Waals surface area contributed by atoms with Crippen molar-refractivity contribution < 1.29 is 0 Å². The van der Waals surface area contributed by atoms with Crippen LogP contribution in [0.25, 0.3) is 11.2 Å². The first-order chi connectivity index (χ1) is 15.2. The van der Waals surface area contributed by atoms with Crippen LogP contribution in [-0.2, 0) is 6.42 Å². The normalized spacial score (nSPS) is 28.7. The fraction of sp³-hybridized carbons (Fsp3) is 0.565. The Balaban J connectivity index is 1.15. The Labute approximate surface area is 181 Å². The molecule has 2 aliphatic carbocycles. The lowest BCUT2D eigenvalue weighted by Gasteiger charge is -2.43. The molecule has 4 aliphatic rings. The fourth-order valence-electron chi connectivity index (χ4n) is 6.51. The molecule has 3 aromatic heterocycles. The summed E-state index contributed by atoms with van der Waals surface area (Å²) in [6.07, 6.45) is 10.9. The van der Waals surface area contributed by atoms with E-state index in [4.69, 9.17) is 15.7 Å². The Morgan fingerprint density at radius 3 is 2.90 bits per heavy atom. The molecule has 8 heteroatoms. The van der Waals surface area contributed by atoms with Crippen molar-refractivity contribution in [3.05, 3.63) is 30.2 Å². The molecule has 2 saturated carbocycles. The molecule has 31 heavy (non-hydrogen) atoms. The third-order valence-electron chi connectivity index (χ3n) is 8.34. The lowest BCUT2D eigenvalue weighted by atomic mass is 9.72. The molecule has 160 valence electrons. The van der Waals surface area contributed by atoms with Crippen LogP contribution in [0.15, 0.2) is 24.5 Å². The highest BCUT2D eigenvalue weighted by atomic mass is 15.3. The average Bonchev–Trinajstić information content (AvgIpc) is 3.36. The summed E-state index contributed by atoms with van der Waals surface area (Å²) in [5.74, 6) is 3.50. The highest BCUT2D eigenvalue weighted by Crippen LogP contribution is 2.62. The van der Waals surface area contributed by atoms with Crippen molar-refractivity contribution >= 4 is 28.5 Å². The van der Waals surface area contributed by atoms with Gasteiger partial charge in [0.2, 0.25) is 0 Å². The number of anilines is 3. The number of fused-ring (bicyclic) bond motifs is 3. The first-order valence-electron chi connectivity index (χ1n) is 11.6. The van der Waals surface area contributed by atoms with E-state index in [0.717, 1.165) is 78.5 Å². The Hall–Kier alpha value is -2.74. The third-order valence-corrected chi connectivity index (χ3v) is 8.34. The quantitative estimate of drug-likeness (QED) is 0.662. The van der Waals surface area contributed by atoms with Gasteiger partial charge in [-0.15, -0.1) is 0 Å². The van der Waals surface area contributed by atoms with Gasteiger partial charge in [-0.3, -0.25) is 10.1 Å². The van der Waals surface area contributed by atoms with Gasteiger partial charge >= 0.3 is 0 Å². The predicted octanol–water partition coefficient (Wildman–Crippen LogP) is 2.79. The second-order valence-corrected chi connectivity index (χ2v) is 9.94. The molecule has 1 unspecified atom stereocenters. The molecule has 0 radical (unpaired) electrons. The number of aromatic nitrogens is 5. The maximum Gasteiger partial charge on any atom is 0.183 e. The van der Waals surface area contributed by atoms with Gasteiger partial charge in [0.25, 0.3) is 0 Å². The lowest BCUT2D eigenvalue weighted by molar-refractivity contribution is 0.172. The molecule has 8 nitrogen and oxygen atoms in total. The van der Waals surface area contributed by atoms with Gasteiger partial charge in [0.1, 0.15) is 5.82 Å². The van der Waals surface area contributed by atoms with Crippen LogP contribution >= 0.6 is 0 Å². The smallest absolute Gasteiger partial charge is 0.183 e. The van der Waals surface area contributed by atoms with Gasteiger partial charge in [0, 0.05) is 31.9 Å². The Morgan fingerprint density at radius 1 is 1.16 bits per heavy atom. The van der Waals surface area contributed by atoms with Crippen molar-refractivity contribution in [1.82, 2.24) is 25.1 Å². The molecule has 5 heterocycles. The minimum Gasteiger partial charge on any atom is -0.355 e. The number of aryl methyl sites for hydroxylation is 1. The number of rotatable bonds is 2. The van der Waals surface area contributed by atoms with Gasteiger partial charge in [0.05, 0.1) is 17.6 Å². The first-order valence-corrected chi connectivity index (χ1v) is 11.6. The van der Waals surface area contributed by atoms with Gasteiger partial charge in [-0.2, -0.15) is 5.10 Å².